The molecular weight excluding hydrogens is 160 g/mol. The zero-order valence-corrected chi connectivity index (χ0v) is 5.87. The fourth-order valence-electron chi connectivity index (χ4n) is 0.353. The Morgan fingerprint density at radius 1 is 1.40 bits per heavy atom. The van der Waals surface area contributed by atoms with Crippen LogP contribution in [0.1, 0.15) is 0 Å². The zero-order chi connectivity index (χ0) is 8.20. The molecule has 0 fully saturated rings. The molecule has 0 saturated heterocycles. The third-order valence-corrected chi connectivity index (χ3v) is 1.76. The monoisotopic (exact) mass is 168 g/mol. The second-order valence-electron chi connectivity index (χ2n) is 1.49. The maximum absolute atomic E-state index is 10.2. The SMILES string of the molecule is O=S(=O)(O)/C(=C\CO)CO. The molecule has 0 aromatic rings. The van der Waals surface area contributed by atoms with Crippen LogP contribution in [0, 0.1) is 0 Å². The first-order valence-corrected chi connectivity index (χ1v) is 3.84. The Morgan fingerprint density at radius 3 is 2.00 bits per heavy atom. The van der Waals surface area contributed by atoms with Crippen molar-refractivity contribution in [3.63, 3.8) is 0 Å². The van der Waals surface area contributed by atoms with Crippen molar-refractivity contribution in [1.29, 1.82) is 0 Å². The summed E-state index contributed by atoms with van der Waals surface area (Å²) in [5.74, 6) is 0. The van der Waals surface area contributed by atoms with E-state index in [0.717, 1.165) is 6.08 Å². The van der Waals surface area contributed by atoms with Gasteiger partial charge in [-0.15, -0.1) is 0 Å². The lowest BCUT2D eigenvalue weighted by Gasteiger charge is -1.96. The second-order valence-corrected chi connectivity index (χ2v) is 2.96. The summed E-state index contributed by atoms with van der Waals surface area (Å²) in [5.41, 5.74) is 0. The first-order valence-electron chi connectivity index (χ1n) is 2.40. The van der Waals surface area contributed by atoms with Gasteiger partial charge in [0, 0.05) is 0 Å². The molecule has 6 heteroatoms. The number of aliphatic hydroxyl groups is 2. The number of aliphatic hydroxyl groups excluding tert-OH is 2. The zero-order valence-electron chi connectivity index (χ0n) is 5.06. The summed E-state index contributed by atoms with van der Waals surface area (Å²) in [6.07, 6.45) is 0.815. The van der Waals surface area contributed by atoms with Gasteiger partial charge in [0.25, 0.3) is 10.1 Å². The molecule has 0 spiro atoms. The fourth-order valence-corrected chi connectivity index (χ4v) is 0.802. The summed E-state index contributed by atoms with van der Waals surface area (Å²) in [5, 5.41) is 16.4. The average Bonchev–Trinajstić information content (AvgIpc) is 1.80. The average molecular weight is 168 g/mol. The van der Waals surface area contributed by atoms with Gasteiger partial charge in [-0.3, -0.25) is 4.55 Å². The van der Waals surface area contributed by atoms with Crippen molar-refractivity contribution < 1.29 is 23.2 Å². The van der Waals surface area contributed by atoms with Crippen LogP contribution >= 0.6 is 0 Å². The van der Waals surface area contributed by atoms with E-state index in [2.05, 4.69) is 0 Å². The Balaban J connectivity index is 4.54. The minimum absolute atomic E-state index is 0.532. The lowest BCUT2D eigenvalue weighted by molar-refractivity contribution is 0.322. The van der Waals surface area contributed by atoms with E-state index >= 15 is 0 Å². The van der Waals surface area contributed by atoms with Gasteiger partial charge in [0.2, 0.25) is 0 Å². The van der Waals surface area contributed by atoms with Crippen LogP contribution in [0.3, 0.4) is 0 Å². The van der Waals surface area contributed by atoms with Crippen molar-refractivity contribution in [1.82, 2.24) is 0 Å². The van der Waals surface area contributed by atoms with Crippen molar-refractivity contribution in [3.05, 3.63) is 11.0 Å². The summed E-state index contributed by atoms with van der Waals surface area (Å²) >= 11 is 0. The molecule has 0 radical (unpaired) electrons. The normalized spacial score (nSPS) is 13.7. The highest BCUT2D eigenvalue weighted by Crippen LogP contribution is 2.00. The van der Waals surface area contributed by atoms with Gasteiger partial charge < -0.3 is 10.2 Å². The maximum Gasteiger partial charge on any atom is 0.292 e. The van der Waals surface area contributed by atoms with Crippen LogP contribution in [0.2, 0.25) is 0 Å². The summed E-state index contributed by atoms with van der Waals surface area (Å²) < 4.78 is 28.6. The van der Waals surface area contributed by atoms with E-state index in [1.165, 1.54) is 0 Å². The van der Waals surface area contributed by atoms with Crippen molar-refractivity contribution in [3.8, 4) is 0 Å². The molecule has 0 amide bonds. The highest BCUT2D eigenvalue weighted by Gasteiger charge is 2.10. The van der Waals surface area contributed by atoms with Gasteiger partial charge in [-0.05, 0) is 6.08 Å². The molecular formula is C4H8O5S. The molecule has 60 valence electrons. The predicted molar refractivity (Wildman–Crippen MR) is 33.8 cm³/mol. The van der Waals surface area contributed by atoms with Crippen LogP contribution in [0.25, 0.3) is 0 Å². The molecule has 0 saturated carbocycles. The van der Waals surface area contributed by atoms with Gasteiger partial charge in [0.15, 0.2) is 0 Å². The first kappa shape index (κ1) is 9.57. The first-order chi connectivity index (χ1) is 4.52. The third kappa shape index (κ3) is 2.92. The number of hydrogen-bond donors (Lipinski definition) is 3. The minimum Gasteiger partial charge on any atom is -0.392 e. The quantitative estimate of drug-likeness (QED) is 0.457. The molecule has 0 aliphatic heterocycles. The van der Waals surface area contributed by atoms with Crippen LogP contribution in [0.5, 0.6) is 0 Å². The Kier molecular flexibility index (Phi) is 3.51. The Hall–Kier alpha value is -0.430. The minimum atomic E-state index is -4.33. The lowest BCUT2D eigenvalue weighted by atomic mass is 10.5. The summed E-state index contributed by atoms with van der Waals surface area (Å²) in [7, 11) is -4.33. The largest absolute Gasteiger partial charge is 0.392 e. The van der Waals surface area contributed by atoms with Gasteiger partial charge in [-0.25, -0.2) is 0 Å². The molecule has 0 unspecified atom stereocenters. The molecule has 5 nitrogen and oxygen atoms in total. The Labute approximate surface area is 58.4 Å². The van der Waals surface area contributed by atoms with Crippen LogP contribution < -0.4 is 0 Å². The van der Waals surface area contributed by atoms with Gasteiger partial charge in [-0.2, -0.15) is 8.42 Å². The van der Waals surface area contributed by atoms with Crippen LogP contribution in [-0.2, 0) is 10.1 Å². The van der Waals surface area contributed by atoms with E-state index in [9.17, 15) is 8.42 Å². The Morgan fingerprint density at radius 2 is 1.90 bits per heavy atom. The fraction of sp³-hybridized carbons (Fsp3) is 0.500. The summed E-state index contributed by atoms with van der Waals surface area (Å²) in [4.78, 5) is -0.588. The molecule has 0 atom stereocenters. The van der Waals surface area contributed by atoms with Gasteiger partial charge in [-0.1, -0.05) is 0 Å². The highest BCUT2D eigenvalue weighted by molar-refractivity contribution is 7.89. The summed E-state index contributed by atoms with van der Waals surface area (Å²) in [6, 6.07) is 0. The summed E-state index contributed by atoms with van der Waals surface area (Å²) in [6.45, 7) is -1.34. The van der Waals surface area contributed by atoms with E-state index in [0.29, 0.717) is 0 Å². The van der Waals surface area contributed by atoms with Crippen molar-refractivity contribution in [2.24, 2.45) is 0 Å². The molecule has 0 aromatic carbocycles. The maximum atomic E-state index is 10.2. The molecule has 0 aromatic heterocycles. The highest BCUT2D eigenvalue weighted by atomic mass is 32.2. The van der Waals surface area contributed by atoms with Crippen LogP contribution in [0.15, 0.2) is 11.0 Å². The van der Waals surface area contributed by atoms with Gasteiger partial charge in [0.1, 0.15) is 0 Å². The molecule has 0 heterocycles. The lowest BCUT2D eigenvalue weighted by Crippen LogP contribution is -2.06. The van der Waals surface area contributed by atoms with Crippen molar-refractivity contribution >= 4 is 10.1 Å². The number of hydrogen-bond acceptors (Lipinski definition) is 4. The molecule has 10 heavy (non-hydrogen) atoms. The smallest absolute Gasteiger partial charge is 0.292 e. The molecule has 0 aliphatic carbocycles. The van der Waals surface area contributed by atoms with Crippen LogP contribution in [0.4, 0.5) is 0 Å². The van der Waals surface area contributed by atoms with E-state index in [1.807, 2.05) is 0 Å². The number of rotatable bonds is 3. The topological polar surface area (TPSA) is 94.8 Å². The van der Waals surface area contributed by atoms with Crippen LogP contribution in [-0.4, -0.2) is 36.4 Å². The molecule has 0 rings (SSSR count). The molecule has 3 N–H and O–H groups in total. The van der Waals surface area contributed by atoms with E-state index < -0.39 is 28.2 Å². The van der Waals surface area contributed by atoms with E-state index in [1.54, 1.807) is 0 Å². The van der Waals surface area contributed by atoms with Crippen molar-refractivity contribution in [2.45, 2.75) is 0 Å². The van der Waals surface area contributed by atoms with Crippen molar-refractivity contribution in [2.75, 3.05) is 13.2 Å². The van der Waals surface area contributed by atoms with Gasteiger partial charge >= 0.3 is 0 Å². The second kappa shape index (κ2) is 3.67. The molecule has 0 bridgehead atoms. The predicted octanol–water partition coefficient (Wildman–Crippen LogP) is -1.26. The Bertz CT molecular complexity index is 214. The third-order valence-electron chi connectivity index (χ3n) is 0.806. The standard InChI is InChI=1S/C4H8O5S/c5-2-1-4(3-6)10(7,8)9/h1,5-6H,2-3H2,(H,7,8,9)/b4-1-. The van der Waals surface area contributed by atoms with E-state index in [-0.39, 0.29) is 0 Å². The van der Waals surface area contributed by atoms with Gasteiger partial charge in [0.05, 0.1) is 18.1 Å². The molecule has 0 aliphatic rings. The van der Waals surface area contributed by atoms with E-state index in [4.69, 9.17) is 14.8 Å².